The van der Waals surface area contributed by atoms with E-state index in [-0.39, 0.29) is 34.6 Å². The van der Waals surface area contributed by atoms with E-state index in [1.165, 1.54) is 31.2 Å². The SMILES string of the molecule is CO/N=C(/C(=O)N[C@H]1C(=O)N2C(C(=O)O)=C(COC(C)=O)CSC12)c1csc(N)n1. The third kappa shape index (κ3) is 4.09. The lowest BCUT2D eigenvalue weighted by Crippen LogP contribution is -2.71. The number of ether oxygens (including phenoxy) is 1. The second-order valence-electron chi connectivity index (χ2n) is 6.09. The zero-order chi connectivity index (χ0) is 22.0. The number of fused-ring (bicyclic) bond motifs is 1. The highest BCUT2D eigenvalue weighted by molar-refractivity contribution is 8.00. The van der Waals surface area contributed by atoms with E-state index in [4.69, 9.17) is 10.5 Å². The van der Waals surface area contributed by atoms with Crippen LogP contribution in [-0.2, 0) is 28.8 Å². The van der Waals surface area contributed by atoms with E-state index in [1.54, 1.807) is 0 Å². The first kappa shape index (κ1) is 21.6. The van der Waals surface area contributed by atoms with Crippen LogP contribution in [0.3, 0.4) is 0 Å². The highest BCUT2D eigenvalue weighted by Gasteiger charge is 2.54. The van der Waals surface area contributed by atoms with Gasteiger partial charge in [-0.3, -0.25) is 19.3 Å². The molecule has 0 aromatic carbocycles. The predicted molar refractivity (Wildman–Crippen MR) is 106 cm³/mol. The standard InChI is InChI=1S/C16H17N5O7S2/c1-6(22)28-3-7-4-29-14-10(13(24)21(14)11(7)15(25)26)19-12(23)9(20-27-2)8-5-30-16(17)18-8/h5,10,14H,3-4H2,1-2H3,(H2,17,18)(H,19,23)(H,25,26)/b20-9+/t10-,14?/m0/s1. The Morgan fingerprint density at radius 3 is 2.77 bits per heavy atom. The van der Waals surface area contributed by atoms with E-state index in [9.17, 15) is 24.3 Å². The molecule has 2 aliphatic heterocycles. The second kappa shape index (κ2) is 8.71. The normalized spacial score (nSPS) is 20.9. The van der Waals surface area contributed by atoms with Crippen molar-refractivity contribution in [1.82, 2.24) is 15.2 Å². The maximum absolute atomic E-state index is 12.7. The van der Waals surface area contributed by atoms with E-state index in [0.717, 1.165) is 16.2 Å². The topological polar surface area (TPSA) is 174 Å². The fourth-order valence-corrected chi connectivity index (χ4v) is 4.76. The van der Waals surface area contributed by atoms with E-state index in [1.807, 2.05) is 0 Å². The molecule has 0 aliphatic carbocycles. The minimum absolute atomic E-state index is 0.165. The van der Waals surface area contributed by atoms with Crippen molar-refractivity contribution >= 4 is 57.7 Å². The molecule has 0 spiro atoms. The summed E-state index contributed by atoms with van der Waals surface area (Å²) in [7, 11) is 1.25. The van der Waals surface area contributed by atoms with E-state index < -0.39 is 35.2 Å². The summed E-state index contributed by atoms with van der Waals surface area (Å²) in [5.74, 6) is -2.98. The van der Waals surface area contributed by atoms with Crippen LogP contribution in [0.25, 0.3) is 0 Å². The molecule has 0 radical (unpaired) electrons. The number of oxime groups is 1. The average molecular weight is 455 g/mol. The van der Waals surface area contributed by atoms with Crippen LogP contribution in [0.5, 0.6) is 0 Å². The van der Waals surface area contributed by atoms with Crippen LogP contribution >= 0.6 is 23.1 Å². The van der Waals surface area contributed by atoms with Gasteiger partial charge in [-0.2, -0.15) is 0 Å². The Kier molecular flexibility index (Phi) is 6.26. The lowest BCUT2D eigenvalue weighted by Gasteiger charge is -2.49. The van der Waals surface area contributed by atoms with Gasteiger partial charge in [0.1, 0.15) is 36.5 Å². The summed E-state index contributed by atoms with van der Waals surface area (Å²) in [5.41, 5.74) is 5.67. The number of hydrogen-bond acceptors (Lipinski definition) is 11. The fraction of sp³-hybridized carbons (Fsp3) is 0.375. The first-order chi connectivity index (χ1) is 14.2. The molecule has 0 bridgehead atoms. The third-order valence-electron chi connectivity index (χ3n) is 4.15. The summed E-state index contributed by atoms with van der Waals surface area (Å²) in [5, 5.41) is 16.9. The van der Waals surface area contributed by atoms with Crippen molar-refractivity contribution < 1.29 is 33.9 Å². The molecular weight excluding hydrogens is 438 g/mol. The van der Waals surface area contributed by atoms with Crippen LogP contribution in [0.15, 0.2) is 21.8 Å². The summed E-state index contributed by atoms with van der Waals surface area (Å²) in [6.45, 7) is 0.975. The number of rotatable bonds is 7. The molecule has 3 heterocycles. The van der Waals surface area contributed by atoms with Crippen LogP contribution < -0.4 is 11.1 Å². The summed E-state index contributed by atoms with van der Waals surface area (Å²) in [6.07, 6.45) is 0. The van der Waals surface area contributed by atoms with Gasteiger partial charge in [0.2, 0.25) is 0 Å². The number of amides is 2. The number of carbonyl (C=O) groups excluding carboxylic acids is 3. The Balaban J connectivity index is 1.77. The highest BCUT2D eigenvalue weighted by atomic mass is 32.2. The number of aliphatic carboxylic acids is 1. The van der Waals surface area contributed by atoms with Gasteiger partial charge >= 0.3 is 11.9 Å². The maximum atomic E-state index is 12.7. The van der Waals surface area contributed by atoms with Crippen molar-refractivity contribution in [2.24, 2.45) is 5.16 Å². The number of nitrogen functional groups attached to an aromatic ring is 1. The average Bonchev–Trinajstić information content (AvgIpc) is 3.13. The number of β-lactam (4-membered cyclic amide) rings is 1. The minimum atomic E-state index is -1.32. The molecule has 1 aromatic heterocycles. The van der Waals surface area contributed by atoms with Crippen molar-refractivity contribution in [2.45, 2.75) is 18.3 Å². The lowest BCUT2D eigenvalue weighted by atomic mass is 10.0. The molecule has 2 atom stereocenters. The van der Waals surface area contributed by atoms with Gasteiger partial charge in [-0.15, -0.1) is 23.1 Å². The van der Waals surface area contributed by atoms with E-state index in [0.29, 0.717) is 5.57 Å². The van der Waals surface area contributed by atoms with Gasteiger partial charge in [0.05, 0.1) is 0 Å². The zero-order valence-electron chi connectivity index (χ0n) is 15.8. The van der Waals surface area contributed by atoms with Gasteiger partial charge in [-0.25, -0.2) is 9.78 Å². The molecule has 4 N–H and O–H groups in total. The molecule has 1 saturated heterocycles. The summed E-state index contributed by atoms with van der Waals surface area (Å²) in [4.78, 5) is 57.8. The van der Waals surface area contributed by atoms with Crippen molar-refractivity contribution in [3.8, 4) is 0 Å². The molecular formula is C16H17N5O7S2. The van der Waals surface area contributed by atoms with Gasteiger partial charge < -0.3 is 25.7 Å². The van der Waals surface area contributed by atoms with E-state index in [2.05, 4.69) is 20.3 Å². The smallest absolute Gasteiger partial charge is 0.352 e. The van der Waals surface area contributed by atoms with Crippen molar-refractivity contribution in [3.05, 3.63) is 22.3 Å². The molecule has 2 aliphatic rings. The van der Waals surface area contributed by atoms with Crippen LogP contribution in [0.4, 0.5) is 5.13 Å². The number of thioether (sulfide) groups is 1. The minimum Gasteiger partial charge on any atom is -0.477 e. The Hall–Kier alpha value is -3.13. The number of nitrogens with two attached hydrogens (primary N) is 1. The molecule has 30 heavy (non-hydrogen) atoms. The number of nitrogens with one attached hydrogen (secondary N) is 1. The molecule has 14 heteroatoms. The van der Waals surface area contributed by atoms with Crippen molar-refractivity contribution in [3.63, 3.8) is 0 Å². The molecule has 0 saturated carbocycles. The molecule has 2 amide bonds. The molecule has 3 rings (SSSR count). The van der Waals surface area contributed by atoms with Gasteiger partial charge in [0.25, 0.3) is 11.8 Å². The Morgan fingerprint density at radius 1 is 1.47 bits per heavy atom. The van der Waals surface area contributed by atoms with Crippen LogP contribution in [-0.4, -0.2) is 75.3 Å². The summed E-state index contributed by atoms with van der Waals surface area (Å²) in [6, 6.07) is -0.967. The highest BCUT2D eigenvalue weighted by Crippen LogP contribution is 2.40. The van der Waals surface area contributed by atoms with Gasteiger partial charge in [0.15, 0.2) is 10.8 Å². The molecule has 1 fully saturated rings. The third-order valence-corrected chi connectivity index (χ3v) is 6.16. The van der Waals surface area contributed by atoms with Gasteiger partial charge in [-0.05, 0) is 0 Å². The molecule has 1 aromatic rings. The van der Waals surface area contributed by atoms with Crippen molar-refractivity contribution in [2.75, 3.05) is 25.2 Å². The molecule has 12 nitrogen and oxygen atoms in total. The number of thiazole rings is 1. The van der Waals surface area contributed by atoms with Gasteiger partial charge in [0, 0.05) is 23.6 Å². The number of aromatic nitrogens is 1. The molecule has 160 valence electrons. The number of carboxylic acid groups (broad SMARTS) is 1. The number of esters is 1. The van der Waals surface area contributed by atoms with Crippen LogP contribution in [0.1, 0.15) is 12.6 Å². The number of carboxylic acids is 1. The Morgan fingerprint density at radius 2 is 2.20 bits per heavy atom. The summed E-state index contributed by atoms with van der Waals surface area (Å²) < 4.78 is 4.88. The predicted octanol–water partition coefficient (Wildman–Crippen LogP) is -0.622. The number of carbonyl (C=O) groups is 4. The number of nitrogens with zero attached hydrogens (tertiary/aromatic N) is 3. The Bertz CT molecular complexity index is 973. The Labute approximate surface area is 178 Å². The number of anilines is 1. The maximum Gasteiger partial charge on any atom is 0.352 e. The van der Waals surface area contributed by atoms with Gasteiger partial charge in [-0.1, -0.05) is 5.16 Å². The first-order valence-electron chi connectivity index (χ1n) is 8.41. The summed E-state index contributed by atoms with van der Waals surface area (Å²) >= 11 is 2.35. The first-order valence-corrected chi connectivity index (χ1v) is 10.3. The monoisotopic (exact) mass is 455 g/mol. The number of hydrogen-bond donors (Lipinski definition) is 3. The van der Waals surface area contributed by atoms with Crippen LogP contribution in [0, 0.1) is 0 Å². The zero-order valence-corrected chi connectivity index (χ0v) is 17.4. The molecule has 1 unspecified atom stereocenters. The fourth-order valence-electron chi connectivity index (χ4n) is 2.88. The lowest BCUT2D eigenvalue weighted by molar-refractivity contribution is -0.150. The van der Waals surface area contributed by atoms with Crippen molar-refractivity contribution in [1.29, 1.82) is 0 Å². The second-order valence-corrected chi connectivity index (χ2v) is 8.09. The van der Waals surface area contributed by atoms with E-state index >= 15 is 0 Å². The largest absolute Gasteiger partial charge is 0.477 e. The van der Waals surface area contributed by atoms with Crippen LogP contribution in [0.2, 0.25) is 0 Å². The quantitative estimate of drug-likeness (QED) is 0.208.